The molecule has 0 aromatic carbocycles. The van der Waals surface area contributed by atoms with E-state index in [0.717, 1.165) is 0 Å². The van der Waals surface area contributed by atoms with E-state index >= 15 is 0 Å². The Kier molecular flexibility index (Phi) is 3.86. The van der Waals surface area contributed by atoms with Gasteiger partial charge in [0.05, 0.1) is 0 Å². The molecule has 0 amide bonds. The van der Waals surface area contributed by atoms with Gasteiger partial charge in [-0.2, -0.15) is 0 Å². The summed E-state index contributed by atoms with van der Waals surface area (Å²) in [6.07, 6.45) is 1.80. The molecule has 2 heteroatoms. The van der Waals surface area contributed by atoms with Gasteiger partial charge in [0, 0.05) is 5.57 Å². The van der Waals surface area contributed by atoms with Crippen molar-refractivity contribution in [3.8, 4) is 0 Å². The minimum Gasteiger partial charge on any atom is -0.478 e. The molecule has 0 rings (SSSR count). The third-order valence-corrected chi connectivity index (χ3v) is 1.38. The fourth-order valence-corrected chi connectivity index (χ4v) is 0.870. The van der Waals surface area contributed by atoms with Crippen LogP contribution in [0.5, 0.6) is 0 Å². The zero-order valence-corrected chi connectivity index (χ0v) is 7.59. The lowest BCUT2D eigenvalue weighted by molar-refractivity contribution is -0.133. The molecule has 2 nitrogen and oxygen atoms in total. The number of hydrogen-bond acceptors (Lipinski definition) is 1. The van der Waals surface area contributed by atoms with E-state index in [1.165, 1.54) is 0 Å². The highest BCUT2D eigenvalue weighted by Crippen LogP contribution is 2.12. The van der Waals surface area contributed by atoms with Gasteiger partial charge in [-0.1, -0.05) is 33.8 Å². The molecule has 0 saturated heterocycles. The van der Waals surface area contributed by atoms with Crippen molar-refractivity contribution in [3.63, 3.8) is 0 Å². The maximum absolute atomic E-state index is 10.6. The molecule has 0 aromatic rings. The number of rotatable bonds is 3. The van der Waals surface area contributed by atoms with Crippen molar-refractivity contribution in [2.24, 2.45) is 11.8 Å². The van der Waals surface area contributed by atoms with Crippen LogP contribution in [0.1, 0.15) is 27.7 Å². The van der Waals surface area contributed by atoms with E-state index in [1.54, 1.807) is 6.08 Å². The summed E-state index contributed by atoms with van der Waals surface area (Å²) in [4.78, 5) is 10.6. The van der Waals surface area contributed by atoms with Gasteiger partial charge in [0.2, 0.25) is 0 Å². The topological polar surface area (TPSA) is 37.3 Å². The monoisotopic (exact) mass is 156 g/mol. The molecule has 11 heavy (non-hydrogen) atoms. The molecule has 0 aliphatic heterocycles. The van der Waals surface area contributed by atoms with Crippen molar-refractivity contribution < 1.29 is 9.90 Å². The fraction of sp³-hybridized carbons (Fsp3) is 0.667. The van der Waals surface area contributed by atoms with E-state index in [9.17, 15) is 4.79 Å². The number of hydrogen-bond donors (Lipinski definition) is 1. The molecule has 0 bridgehead atoms. The summed E-state index contributed by atoms with van der Waals surface area (Å²) in [7, 11) is 0. The first-order valence-electron chi connectivity index (χ1n) is 3.90. The van der Waals surface area contributed by atoms with Crippen molar-refractivity contribution in [2.45, 2.75) is 27.7 Å². The highest BCUT2D eigenvalue weighted by molar-refractivity contribution is 5.86. The molecule has 0 spiro atoms. The number of carbonyl (C=O) groups is 1. The third-order valence-electron chi connectivity index (χ3n) is 1.38. The molecule has 0 aliphatic carbocycles. The van der Waals surface area contributed by atoms with Crippen LogP contribution in [0.4, 0.5) is 0 Å². The zero-order valence-electron chi connectivity index (χ0n) is 7.59. The molecule has 0 fully saturated rings. The van der Waals surface area contributed by atoms with Crippen LogP contribution in [0.3, 0.4) is 0 Å². The van der Waals surface area contributed by atoms with Gasteiger partial charge < -0.3 is 5.11 Å². The van der Waals surface area contributed by atoms with Crippen molar-refractivity contribution in [1.82, 2.24) is 0 Å². The third kappa shape index (κ3) is 3.81. The highest BCUT2D eigenvalue weighted by atomic mass is 16.4. The molecule has 0 unspecified atom stereocenters. The second kappa shape index (κ2) is 4.16. The summed E-state index contributed by atoms with van der Waals surface area (Å²) in [5.41, 5.74) is 0.514. The zero-order chi connectivity index (χ0) is 9.02. The van der Waals surface area contributed by atoms with E-state index in [4.69, 9.17) is 5.11 Å². The molecule has 0 radical (unpaired) electrons. The van der Waals surface area contributed by atoms with Crippen molar-refractivity contribution in [1.29, 1.82) is 0 Å². The largest absolute Gasteiger partial charge is 0.478 e. The fourth-order valence-electron chi connectivity index (χ4n) is 0.870. The molecule has 0 saturated carbocycles. The van der Waals surface area contributed by atoms with Crippen LogP contribution < -0.4 is 0 Å². The standard InChI is InChI=1S/C9H16O2/c1-6(2)5-8(7(3)4)9(10)11/h5-7H,1-4H3,(H,10,11)/b8-5-. The van der Waals surface area contributed by atoms with E-state index in [-0.39, 0.29) is 5.92 Å². The van der Waals surface area contributed by atoms with Crippen LogP contribution in [-0.2, 0) is 4.79 Å². The quantitative estimate of drug-likeness (QED) is 0.636. The van der Waals surface area contributed by atoms with Crippen LogP contribution in [0.2, 0.25) is 0 Å². The first-order chi connectivity index (χ1) is 4.95. The van der Waals surface area contributed by atoms with Crippen molar-refractivity contribution in [3.05, 3.63) is 11.6 Å². The lowest BCUT2D eigenvalue weighted by atomic mass is 9.99. The van der Waals surface area contributed by atoms with Crippen LogP contribution in [0, 0.1) is 11.8 Å². The second-order valence-electron chi connectivity index (χ2n) is 3.33. The van der Waals surface area contributed by atoms with Gasteiger partial charge in [-0.25, -0.2) is 4.79 Å². The smallest absolute Gasteiger partial charge is 0.331 e. The highest BCUT2D eigenvalue weighted by Gasteiger charge is 2.11. The van der Waals surface area contributed by atoms with Gasteiger partial charge in [0.25, 0.3) is 0 Å². The second-order valence-corrected chi connectivity index (χ2v) is 3.33. The van der Waals surface area contributed by atoms with Crippen molar-refractivity contribution in [2.75, 3.05) is 0 Å². The van der Waals surface area contributed by atoms with Gasteiger partial charge in [-0.05, 0) is 11.8 Å². The molecule has 1 N–H and O–H groups in total. The summed E-state index contributed by atoms with van der Waals surface area (Å²) in [6.45, 7) is 7.74. The lowest BCUT2D eigenvalue weighted by Crippen LogP contribution is -2.08. The molecule has 0 heterocycles. The van der Waals surface area contributed by atoms with Crippen LogP contribution in [0.25, 0.3) is 0 Å². The van der Waals surface area contributed by atoms with E-state index in [0.29, 0.717) is 11.5 Å². The average molecular weight is 156 g/mol. The van der Waals surface area contributed by atoms with Crippen LogP contribution in [0.15, 0.2) is 11.6 Å². The molecular weight excluding hydrogens is 140 g/mol. The van der Waals surface area contributed by atoms with Gasteiger partial charge in [0.1, 0.15) is 0 Å². The van der Waals surface area contributed by atoms with Gasteiger partial charge in [-0.3, -0.25) is 0 Å². The van der Waals surface area contributed by atoms with Gasteiger partial charge in [-0.15, -0.1) is 0 Å². The number of carboxylic acids is 1. The molecule has 0 aliphatic rings. The predicted octanol–water partition coefficient (Wildman–Crippen LogP) is 2.31. The first-order valence-corrected chi connectivity index (χ1v) is 3.90. The predicted molar refractivity (Wildman–Crippen MR) is 45.4 cm³/mol. The molecule has 0 atom stereocenters. The molecule has 0 aromatic heterocycles. The summed E-state index contributed by atoms with van der Waals surface area (Å²) >= 11 is 0. The summed E-state index contributed by atoms with van der Waals surface area (Å²) in [5.74, 6) is -0.382. The first kappa shape index (κ1) is 10.2. The normalized spacial score (nSPS) is 12.7. The minimum absolute atomic E-state index is 0.106. The number of aliphatic carboxylic acids is 1. The Labute approximate surface area is 67.9 Å². The maximum Gasteiger partial charge on any atom is 0.331 e. The lowest BCUT2D eigenvalue weighted by Gasteiger charge is -2.06. The van der Waals surface area contributed by atoms with Crippen LogP contribution >= 0.6 is 0 Å². The summed E-state index contributed by atoms with van der Waals surface area (Å²) in [5, 5.41) is 8.72. The summed E-state index contributed by atoms with van der Waals surface area (Å²) in [6, 6.07) is 0. The maximum atomic E-state index is 10.6. The van der Waals surface area contributed by atoms with E-state index < -0.39 is 5.97 Å². The Morgan fingerprint density at radius 3 is 1.82 bits per heavy atom. The summed E-state index contributed by atoms with van der Waals surface area (Å²) < 4.78 is 0. The minimum atomic E-state index is -0.797. The number of carboxylic acid groups (broad SMARTS) is 1. The van der Waals surface area contributed by atoms with Gasteiger partial charge in [0.15, 0.2) is 0 Å². The van der Waals surface area contributed by atoms with Crippen LogP contribution in [-0.4, -0.2) is 11.1 Å². The molecule has 64 valence electrons. The SMILES string of the molecule is CC(C)/C=C(\C(=O)O)C(C)C. The Morgan fingerprint density at radius 2 is 1.73 bits per heavy atom. The van der Waals surface area contributed by atoms with Gasteiger partial charge >= 0.3 is 5.97 Å². The Hall–Kier alpha value is -0.790. The van der Waals surface area contributed by atoms with Crippen molar-refractivity contribution >= 4 is 5.97 Å². The Morgan fingerprint density at radius 1 is 1.27 bits per heavy atom. The Bertz CT molecular complexity index is 166. The van der Waals surface area contributed by atoms with E-state index in [2.05, 4.69) is 0 Å². The average Bonchev–Trinajstić information content (AvgIpc) is 1.81. The van der Waals surface area contributed by atoms with E-state index in [1.807, 2.05) is 27.7 Å². The molecular formula is C9H16O2. The Balaban J connectivity index is 4.47. The number of allylic oxidation sites excluding steroid dienone is 1.